The minimum atomic E-state index is -0.876. The van der Waals surface area contributed by atoms with E-state index in [0.717, 1.165) is 25.7 Å². The molecule has 0 aliphatic carbocycles. The van der Waals surface area contributed by atoms with E-state index in [1.165, 1.54) is 167 Å². The Morgan fingerprint density at radius 2 is 1.15 bits per heavy atom. The molecule has 2 aromatic heterocycles. The number of rotatable bonds is 43. The fraction of sp³-hybridized carbons (Fsp3) is 0.792. The van der Waals surface area contributed by atoms with Crippen LogP contribution in [0, 0.1) is 0 Å². The van der Waals surface area contributed by atoms with E-state index in [0.29, 0.717) is 24.4 Å². The number of carbonyl (C=O) groups excluding carboxylic acids is 2. The van der Waals surface area contributed by atoms with Crippen molar-refractivity contribution < 1.29 is 38.4 Å². The minimum absolute atomic E-state index is 0.141. The Hall–Kier alpha value is -3.39. The van der Waals surface area contributed by atoms with Gasteiger partial charge in [0.2, 0.25) is 0 Å². The van der Waals surface area contributed by atoms with Gasteiger partial charge in [-0.1, -0.05) is 154 Å². The largest absolute Gasteiger partial charge is 0.463 e. The second-order valence-corrected chi connectivity index (χ2v) is 18.3. The number of hydrogen-bond acceptors (Lipinski definition) is 12. The molecular weight excluding hydrogens is 835 g/mol. The molecule has 13 heteroatoms. The number of carbonyl (C=O) groups is 2. The highest BCUT2D eigenvalue weighted by Gasteiger charge is 2.37. The molecule has 376 valence electrons. The normalized spacial score (nSPS) is 16.5. The van der Waals surface area contributed by atoms with E-state index in [9.17, 15) is 14.7 Å². The molecule has 1 aliphatic rings. The highest BCUT2D eigenvalue weighted by Crippen LogP contribution is 2.31. The summed E-state index contributed by atoms with van der Waals surface area (Å²) in [7, 11) is 0. The van der Waals surface area contributed by atoms with Gasteiger partial charge in [0.05, 0.1) is 38.5 Å². The lowest BCUT2D eigenvalue weighted by atomic mass is 10.1. The number of ether oxygens (including phenoxy) is 5. The molecule has 3 atom stereocenters. The number of esters is 2. The predicted molar refractivity (Wildman–Crippen MR) is 265 cm³/mol. The first kappa shape index (κ1) is 56.9. The van der Waals surface area contributed by atoms with Crippen molar-refractivity contribution in [2.75, 3.05) is 38.8 Å². The number of unbranched alkanes of at least 4 members (excludes halogenated alkanes) is 24. The SMILES string of the molecule is CCCCCCCC/C=C\CCCCCCCCOCC(COCCCCCCCC/C=C\CCCCCCCC)OC(=O)CCC(=O)OC[C@H]1O[C@@H](n2cnc3c(N)ncnc32)CC1O. The lowest BCUT2D eigenvalue weighted by Crippen LogP contribution is -2.30. The molecule has 0 radical (unpaired) electrons. The van der Waals surface area contributed by atoms with Gasteiger partial charge < -0.3 is 34.5 Å². The lowest BCUT2D eigenvalue weighted by molar-refractivity contribution is -0.160. The average Bonchev–Trinajstić information content (AvgIpc) is 3.92. The lowest BCUT2D eigenvalue weighted by Gasteiger charge is -2.19. The molecule has 66 heavy (non-hydrogen) atoms. The number of hydrogen-bond donors (Lipinski definition) is 2. The molecule has 0 spiro atoms. The third kappa shape index (κ3) is 26.8. The standard InChI is InChI=1S/C53H91N5O8/c1-3-5-7-9-11-13-15-17-19-21-23-25-27-29-31-33-37-62-40-45(41-63-38-34-32-30-28-26-24-22-20-18-16-14-12-10-8-6-4-2)65-50(61)36-35-49(60)64-42-47-46(59)39-48(66-47)58-44-57-51-52(54)55-43-56-53(51)58/h17-20,43-48,59H,3-16,21-42H2,1-2H3,(H2,54,55,56)/b19-17-,20-18-/t46?,47-,48-/m1/s1. The first-order chi connectivity index (χ1) is 32.4. The van der Waals surface area contributed by atoms with Crippen LogP contribution in [0.25, 0.3) is 11.2 Å². The van der Waals surface area contributed by atoms with Gasteiger partial charge in [-0.25, -0.2) is 15.0 Å². The summed E-state index contributed by atoms with van der Waals surface area (Å²) >= 11 is 0. The smallest absolute Gasteiger partial charge is 0.306 e. The maximum absolute atomic E-state index is 12.9. The average molecular weight is 926 g/mol. The maximum Gasteiger partial charge on any atom is 0.306 e. The summed E-state index contributed by atoms with van der Waals surface area (Å²) in [6, 6.07) is 0. The van der Waals surface area contributed by atoms with Crippen molar-refractivity contribution in [3.8, 4) is 0 Å². The van der Waals surface area contributed by atoms with Crippen LogP contribution in [-0.4, -0.2) is 87.9 Å². The van der Waals surface area contributed by atoms with Crippen LogP contribution in [0.15, 0.2) is 37.0 Å². The van der Waals surface area contributed by atoms with Gasteiger partial charge in [0, 0.05) is 19.6 Å². The molecule has 2 aromatic rings. The molecule has 3 rings (SSSR count). The van der Waals surface area contributed by atoms with Gasteiger partial charge in [0.25, 0.3) is 0 Å². The first-order valence-electron chi connectivity index (χ1n) is 26.5. The molecule has 0 saturated carbocycles. The summed E-state index contributed by atoms with van der Waals surface area (Å²) < 4.78 is 30.8. The summed E-state index contributed by atoms with van der Waals surface area (Å²) in [4.78, 5) is 38.0. The Labute approximate surface area is 398 Å². The van der Waals surface area contributed by atoms with Crippen LogP contribution in [0.4, 0.5) is 5.82 Å². The number of allylic oxidation sites excluding steroid dienone is 4. The van der Waals surface area contributed by atoms with Crippen LogP contribution in [0.3, 0.4) is 0 Å². The summed E-state index contributed by atoms with van der Waals surface area (Å²) in [5, 5.41) is 10.6. The number of imidazole rings is 1. The summed E-state index contributed by atoms with van der Waals surface area (Å²) in [6.07, 6.45) is 44.6. The van der Waals surface area contributed by atoms with Crippen LogP contribution in [0.2, 0.25) is 0 Å². The van der Waals surface area contributed by atoms with Crippen LogP contribution < -0.4 is 5.73 Å². The van der Waals surface area contributed by atoms with E-state index in [-0.39, 0.29) is 44.9 Å². The molecule has 0 amide bonds. The van der Waals surface area contributed by atoms with E-state index >= 15 is 0 Å². The zero-order valence-electron chi connectivity index (χ0n) is 41.4. The van der Waals surface area contributed by atoms with Crippen molar-refractivity contribution in [1.29, 1.82) is 0 Å². The number of anilines is 1. The summed E-state index contributed by atoms with van der Waals surface area (Å²) in [5.74, 6) is -0.839. The van der Waals surface area contributed by atoms with E-state index < -0.39 is 36.5 Å². The summed E-state index contributed by atoms with van der Waals surface area (Å²) in [6.45, 7) is 6.07. The van der Waals surface area contributed by atoms with Gasteiger partial charge in [-0.3, -0.25) is 14.2 Å². The molecule has 3 heterocycles. The number of nitrogens with zero attached hydrogens (tertiary/aromatic N) is 4. The van der Waals surface area contributed by atoms with Gasteiger partial charge in [-0.2, -0.15) is 0 Å². The number of fused-ring (bicyclic) bond motifs is 1. The van der Waals surface area contributed by atoms with E-state index in [4.69, 9.17) is 29.4 Å². The third-order valence-electron chi connectivity index (χ3n) is 12.3. The van der Waals surface area contributed by atoms with Gasteiger partial charge >= 0.3 is 11.9 Å². The van der Waals surface area contributed by atoms with Crippen LogP contribution in [0.5, 0.6) is 0 Å². The van der Waals surface area contributed by atoms with Crippen LogP contribution >= 0.6 is 0 Å². The fourth-order valence-electron chi connectivity index (χ4n) is 8.26. The topological polar surface area (TPSA) is 170 Å². The predicted octanol–water partition coefficient (Wildman–Crippen LogP) is 12.4. The minimum Gasteiger partial charge on any atom is -0.463 e. The van der Waals surface area contributed by atoms with Crippen molar-refractivity contribution in [1.82, 2.24) is 19.5 Å². The Kier molecular flexibility index (Phi) is 33.3. The van der Waals surface area contributed by atoms with Crippen molar-refractivity contribution in [2.24, 2.45) is 0 Å². The molecular formula is C53H91N5O8. The van der Waals surface area contributed by atoms with Crippen LogP contribution in [-0.2, 0) is 33.3 Å². The number of aromatic nitrogens is 4. The molecule has 0 bridgehead atoms. The van der Waals surface area contributed by atoms with Crippen LogP contribution in [0.1, 0.15) is 219 Å². The Morgan fingerprint density at radius 3 is 1.67 bits per heavy atom. The van der Waals surface area contributed by atoms with Gasteiger partial charge in [0.1, 0.15) is 36.9 Å². The number of aliphatic hydroxyl groups excluding tert-OH is 1. The van der Waals surface area contributed by atoms with E-state index in [1.807, 2.05) is 0 Å². The van der Waals surface area contributed by atoms with E-state index in [1.54, 1.807) is 4.57 Å². The van der Waals surface area contributed by atoms with Crippen molar-refractivity contribution >= 4 is 28.9 Å². The van der Waals surface area contributed by atoms with Crippen molar-refractivity contribution in [3.05, 3.63) is 37.0 Å². The molecule has 13 nitrogen and oxygen atoms in total. The molecule has 0 aromatic carbocycles. The number of nitrogens with two attached hydrogens (primary N) is 1. The molecule has 1 unspecified atom stereocenters. The highest BCUT2D eigenvalue weighted by atomic mass is 16.6. The monoisotopic (exact) mass is 926 g/mol. The van der Waals surface area contributed by atoms with E-state index in [2.05, 4.69) is 53.1 Å². The quantitative estimate of drug-likeness (QED) is 0.0367. The second-order valence-electron chi connectivity index (χ2n) is 18.3. The molecule has 1 saturated heterocycles. The first-order valence-corrected chi connectivity index (χ1v) is 26.5. The molecule has 3 N–H and O–H groups in total. The summed E-state index contributed by atoms with van der Waals surface area (Å²) in [5.41, 5.74) is 6.84. The fourth-order valence-corrected chi connectivity index (χ4v) is 8.26. The molecule has 1 fully saturated rings. The van der Waals surface area contributed by atoms with Gasteiger partial charge in [0.15, 0.2) is 11.5 Å². The highest BCUT2D eigenvalue weighted by molar-refractivity contribution is 5.81. The van der Waals surface area contributed by atoms with Crippen molar-refractivity contribution in [2.45, 2.75) is 237 Å². The second kappa shape index (κ2) is 38.6. The van der Waals surface area contributed by atoms with Gasteiger partial charge in [-0.05, 0) is 64.2 Å². The Bertz CT molecular complexity index is 1520. The zero-order chi connectivity index (χ0) is 47.1. The maximum atomic E-state index is 12.9. The van der Waals surface area contributed by atoms with Gasteiger partial charge in [-0.15, -0.1) is 0 Å². The number of nitrogen functional groups attached to an aromatic ring is 1. The molecule has 1 aliphatic heterocycles. The Balaban J connectivity index is 1.28. The third-order valence-corrected chi connectivity index (χ3v) is 12.3. The number of aliphatic hydroxyl groups is 1. The Morgan fingerprint density at radius 1 is 0.682 bits per heavy atom. The van der Waals surface area contributed by atoms with Crippen molar-refractivity contribution in [3.63, 3.8) is 0 Å². The zero-order valence-corrected chi connectivity index (χ0v) is 41.4.